The molecule has 2 aromatic rings. The third-order valence-electron chi connectivity index (χ3n) is 5.75. The number of piperidine rings is 1. The second kappa shape index (κ2) is 9.88. The number of rotatable bonds is 8. The normalized spacial score (nSPS) is 20.2. The largest absolute Gasteiger partial charge is 0.466 e. The molecule has 0 N–H and O–H groups in total. The average Bonchev–Trinajstić information content (AvgIpc) is 3.09. The van der Waals surface area contributed by atoms with E-state index in [1.54, 1.807) is 0 Å². The Morgan fingerprint density at radius 2 is 2.07 bits per heavy atom. The van der Waals surface area contributed by atoms with Gasteiger partial charge in [0.25, 0.3) is 0 Å². The maximum atomic E-state index is 13.0. The number of aromatic nitrogens is 2. The fourth-order valence-electron chi connectivity index (χ4n) is 4.16. The lowest BCUT2D eigenvalue weighted by atomic mass is 9.76. The molecule has 0 bridgehead atoms. The predicted octanol–water partition coefficient (Wildman–Crippen LogP) is 4.46. The second-order valence-electron chi connectivity index (χ2n) is 7.93. The highest BCUT2D eigenvalue weighted by Crippen LogP contribution is 2.36. The molecule has 2 heterocycles. The molecule has 1 atom stereocenters. The summed E-state index contributed by atoms with van der Waals surface area (Å²) in [5, 5.41) is 4.57. The summed E-state index contributed by atoms with van der Waals surface area (Å²) in [6.07, 6.45) is 8.94. The fraction of sp³-hybridized carbons (Fsp3) is 0.500. The summed E-state index contributed by atoms with van der Waals surface area (Å²) in [6.45, 7) is 9.89. The second-order valence-corrected chi connectivity index (χ2v) is 7.93. The first-order valence-electron chi connectivity index (χ1n) is 10.7. The van der Waals surface area contributed by atoms with E-state index in [4.69, 9.17) is 4.74 Å². The zero-order valence-electron chi connectivity index (χ0n) is 17.9. The van der Waals surface area contributed by atoms with E-state index in [-0.39, 0.29) is 5.97 Å². The molecule has 1 aliphatic heterocycles. The number of allylic oxidation sites excluding steroid dienone is 1. The van der Waals surface area contributed by atoms with E-state index in [0.29, 0.717) is 13.0 Å². The number of ether oxygens (including phenoxy) is 1. The molecule has 1 unspecified atom stereocenters. The zero-order chi connectivity index (χ0) is 20.7. The first-order valence-corrected chi connectivity index (χ1v) is 10.7. The van der Waals surface area contributed by atoms with Gasteiger partial charge in [-0.25, -0.2) is 0 Å². The van der Waals surface area contributed by atoms with Crippen molar-refractivity contribution in [2.45, 2.75) is 53.1 Å². The van der Waals surface area contributed by atoms with Gasteiger partial charge >= 0.3 is 5.97 Å². The van der Waals surface area contributed by atoms with Crippen LogP contribution in [0, 0.1) is 12.3 Å². The Morgan fingerprint density at radius 1 is 1.28 bits per heavy atom. The maximum Gasteiger partial charge on any atom is 0.313 e. The van der Waals surface area contributed by atoms with Gasteiger partial charge in [0.2, 0.25) is 0 Å². The standard InChI is InChI=1S/C24H33N3O2/c1-4-27-18-22(20(3)25-27)17-26-16-10-15-24(19-26,23(28)29-5-2)14-9-13-21-11-7-6-8-12-21/h6-9,11-13,18H,4-5,10,14-17,19H2,1-3H3/b13-9+. The molecule has 5 nitrogen and oxygen atoms in total. The molecule has 3 rings (SSSR count). The monoisotopic (exact) mass is 395 g/mol. The third-order valence-corrected chi connectivity index (χ3v) is 5.75. The molecule has 0 saturated carbocycles. The molecule has 1 aromatic heterocycles. The van der Waals surface area contributed by atoms with E-state index >= 15 is 0 Å². The van der Waals surface area contributed by atoms with Crippen LogP contribution in [0.1, 0.15) is 49.9 Å². The van der Waals surface area contributed by atoms with Crippen molar-refractivity contribution >= 4 is 12.0 Å². The van der Waals surface area contributed by atoms with Gasteiger partial charge in [0.15, 0.2) is 0 Å². The van der Waals surface area contributed by atoms with Crippen molar-refractivity contribution in [3.05, 3.63) is 59.4 Å². The molecule has 1 aromatic carbocycles. The van der Waals surface area contributed by atoms with Crippen LogP contribution in [-0.4, -0.2) is 40.3 Å². The molecule has 0 amide bonds. The summed E-state index contributed by atoms with van der Waals surface area (Å²) in [4.78, 5) is 15.4. The molecule has 1 fully saturated rings. The Bertz CT molecular complexity index is 828. The van der Waals surface area contributed by atoms with Crippen molar-refractivity contribution < 1.29 is 9.53 Å². The molecule has 0 aliphatic carbocycles. The SMILES string of the molecule is CCOC(=O)C1(C/C=C/c2ccccc2)CCCN(Cc2cn(CC)nc2C)C1. The maximum absolute atomic E-state index is 13.0. The van der Waals surface area contributed by atoms with E-state index in [0.717, 1.165) is 50.3 Å². The number of esters is 1. The van der Waals surface area contributed by atoms with Crippen molar-refractivity contribution in [3.8, 4) is 0 Å². The number of likely N-dealkylation sites (tertiary alicyclic amines) is 1. The van der Waals surface area contributed by atoms with Gasteiger partial charge in [-0.05, 0) is 52.1 Å². The summed E-state index contributed by atoms with van der Waals surface area (Å²) < 4.78 is 7.50. The Balaban J connectivity index is 1.75. The van der Waals surface area contributed by atoms with E-state index in [2.05, 4.69) is 54.3 Å². The van der Waals surface area contributed by atoms with Crippen molar-refractivity contribution in [2.24, 2.45) is 5.41 Å². The van der Waals surface area contributed by atoms with Crippen LogP contribution in [-0.2, 0) is 22.6 Å². The number of carbonyl (C=O) groups excluding carboxylic acids is 1. The summed E-state index contributed by atoms with van der Waals surface area (Å²) >= 11 is 0. The molecular weight excluding hydrogens is 362 g/mol. The van der Waals surface area contributed by atoms with Gasteiger partial charge in [0.05, 0.1) is 17.7 Å². The van der Waals surface area contributed by atoms with Gasteiger partial charge in [0, 0.05) is 31.4 Å². The van der Waals surface area contributed by atoms with Crippen LogP contribution in [0.3, 0.4) is 0 Å². The van der Waals surface area contributed by atoms with Crippen LogP contribution < -0.4 is 0 Å². The first kappa shape index (κ1) is 21.3. The zero-order valence-corrected chi connectivity index (χ0v) is 17.9. The van der Waals surface area contributed by atoms with Crippen molar-refractivity contribution in [3.63, 3.8) is 0 Å². The lowest BCUT2D eigenvalue weighted by Gasteiger charge is -2.40. The first-order chi connectivity index (χ1) is 14.1. The van der Waals surface area contributed by atoms with Gasteiger partial charge in [-0.3, -0.25) is 14.4 Å². The van der Waals surface area contributed by atoms with Crippen LogP contribution >= 0.6 is 0 Å². The van der Waals surface area contributed by atoms with Gasteiger partial charge in [0.1, 0.15) is 0 Å². The smallest absolute Gasteiger partial charge is 0.313 e. The highest BCUT2D eigenvalue weighted by atomic mass is 16.5. The molecule has 0 radical (unpaired) electrons. The number of carbonyl (C=O) groups is 1. The number of hydrogen-bond acceptors (Lipinski definition) is 4. The average molecular weight is 396 g/mol. The number of aryl methyl sites for hydroxylation is 2. The summed E-state index contributed by atoms with van der Waals surface area (Å²) in [5.74, 6) is -0.0663. The molecule has 156 valence electrons. The molecule has 1 aliphatic rings. The van der Waals surface area contributed by atoms with Crippen LogP contribution in [0.2, 0.25) is 0 Å². The topological polar surface area (TPSA) is 47.4 Å². The minimum absolute atomic E-state index is 0.0663. The van der Waals surface area contributed by atoms with Gasteiger partial charge in [-0.15, -0.1) is 0 Å². The van der Waals surface area contributed by atoms with Crippen molar-refractivity contribution in [1.82, 2.24) is 14.7 Å². The van der Waals surface area contributed by atoms with Crippen LogP contribution in [0.25, 0.3) is 6.08 Å². The van der Waals surface area contributed by atoms with Crippen LogP contribution in [0.4, 0.5) is 0 Å². The fourth-order valence-corrected chi connectivity index (χ4v) is 4.16. The Morgan fingerprint density at radius 3 is 2.76 bits per heavy atom. The van der Waals surface area contributed by atoms with E-state index < -0.39 is 5.41 Å². The minimum atomic E-state index is -0.478. The number of nitrogens with zero attached hydrogens (tertiary/aromatic N) is 3. The summed E-state index contributed by atoms with van der Waals surface area (Å²) in [5.41, 5.74) is 2.99. The molecule has 1 saturated heterocycles. The van der Waals surface area contributed by atoms with E-state index in [1.807, 2.05) is 29.8 Å². The Labute approximate surface area is 174 Å². The lowest BCUT2D eigenvalue weighted by molar-refractivity contribution is -0.159. The molecule has 29 heavy (non-hydrogen) atoms. The predicted molar refractivity (Wildman–Crippen MR) is 116 cm³/mol. The summed E-state index contributed by atoms with van der Waals surface area (Å²) in [6, 6.07) is 10.2. The highest BCUT2D eigenvalue weighted by molar-refractivity contribution is 5.77. The molecule has 0 spiro atoms. The van der Waals surface area contributed by atoms with Gasteiger partial charge in [-0.2, -0.15) is 5.10 Å². The lowest BCUT2D eigenvalue weighted by Crippen LogP contribution is -2.48. The number of benzene rings is 1. The van der Waals surface area contributed by atoms with E-state index in [1.165, 1.54) is 5.56 Å². The van der Waals surface area contributed by atoms with E-state index in [9.17, 15) is 4.79 Å². The molecular formula is C24H33N3O2. The Hall–Kier alpha value is -2.40. The van der Waals surface area contributed by atoms with Gasteiger partial charge < -0.3 is 4.74 Å². The molecule has 5 heteroatoms. The summed E-state index contributed by atoms with van der Waals surface area (Å²) in [7, 11) is 0. The van der Waals surface area contributed by atoms with Crippen molar-refractivity contribution in [1.29, 1.82) is 0 Å². The number of hydrogen-bond donors (Lipinski definition) is 0. The highest BCUT2D eigenvalue weighted by Gasteiger charge is 2.42. The minimum Gasteiger partial charge on any atom is -0.466 e. The van der Waals surface area contributed by atoms with Crippen molar-refractivity contribution in [2.75, 3.05) is 19.7 Å². The quantitative estimate of drug-likeness (QED) is 0.619. The third kappa shape index (κ3) is 5.36. The van der Waals surface area contributed by atoms with Crippen LogP contribution in [0.15, 0.2) is 42.6 Å². The van der Waals surface area contributed by atoms with Gasteiger partial charge in [-0.1, -0.05) is 42.5 Å². The van der Waals surface area contributed by atoms with Crippen LogP contribution in [0.5, 0.6) is 0 Å². The Kier molecular flexibility index (Phi) is 7.26.